The number of amides is 1. The van der Waals surface area contributed by atoms with Gasteiger partial charge in [0.25, 0.3) is 5.91 Å². The van der Waals surface area contributed by atoms with Gasteiger partial charge in [-0.2, -0.15) is 0 Å². The fraction of sp³-hybridized carbons (Fsp3) is 0.389. The quantitative estimate of drug-likeness (QED) is 0.588. The lowest BCUT2D eigenvalue weighted by Crippen LogP contribution is -2.31. The van der Waals surface area contributed by atoms with Gasteiger partial charge in [-0.1, -0.05) is 31.4 Å². The number of para-hydroxylation sites is 1. The van der Waals surface area contributed by atoms with Crippen LogP contribution in [-0.2, 0) is 0 Å². The van der Waals surface area contributed by atoms with Gasteiger partial charge >= 0.3 is 0 Å². The Morgan fingerprint density at radius 3 is 2.65 bits per heavy atom. The Bertz CT molecular complexity index is 761. The number of anilines is 3. The first-order valence-corrected chi connectivity index (χ1v) is 8.75. The maximum atomic E-state index is 12.4. The molecule has 2 aromatic rings. The first kappa shape index (κ1) is 17.8. The first-order valence-electron chi connectivity index (χ1n) is 8.75. The molecule has 8 heteroatoms. The maximum absolute atomic E-state index is 12.4. The van der Waals surface area contributed by atoms with Crippen molar-refractivity contribution in [2.75, 3.05) is 23.6 Å². The number of methoxy groups -OCH3 is 1. The third-order valence-electron chi connectivity index (χ3n) is 4.48. The van der Waals surface area contributed by atoms with E-state index in [1.807, 2.05) is 0 Å². The second-order valence-corrected chi connectivity index (χ2v) is 6.24. The minimum absolute atomic E-state index is 0.345. The molecule has 0 unspecified atom stereocenters. The van der Waals surface area contributed by atoms with Crippen LogP contribution in [0.25, 0.3) is 0 Å². The number of hydrogen-bond donors (Lipinski definition) is 4. The van der Waals surface area contributed by atoms with Crippen LogP contribution in [0.15, 0.2) is 30.6 Å². The van der Waals surface area contributed by atoms with Crippen molar-refractivity contribution in [3.63, 3.8) is 0 Å². The predicted molar refractivity (Wildman–Crippen MR) is 101 cm³/mol. The Balaban J connectivity index is 1.66. The highest BCUT2D eigenvalue weighted by Crippen LogP contribution is 2.26. The van der Waals surface area contributed by atoms with Gasteiger partial charge in [0.2, 0.25) is 0 Å². The largest absolute Gasteiger partial charge is 0.496 e. The van der Waals surface area contributed by atoms with Crippen molar-refractivity contribution in [2.24, 2.45) is 0 Å². The van der Waals surface area contributed by atoms with Crippen LogP contribution in [-0.4, -0.2) is 29.0 Å². The van der Waals surface area contributed by atoms with E-state index in [4.69, 9.17) is 10.5 Å². The third kappa shape index (κ3) is 4.14. The Morgan fingerprint density at radius 2 is 1.88 bits per heavy atom. The van der Waals surface area contributed by atoms with Gasteiger partial charge in [-0.05, 0) is 25.0 Å². The fourth-order valence-corrected chi connectivity index (χ4v) is 3.07. The molecule has 0 spiro atoms. The van der Waals surface area contributed by atoms with Crippen molar-refractivity contribution < 1.29 is 9.53 Å². The summed E-state index contributed by atoms with van der Waals surface area (Å²) in [6.45, 7) is 0. The standard InChI is InChI=1S/C18H24N6O2/c1-26-14-10-6-5-9-13(14)18(25)24-23-17-15(19)16(20-11-21-17)22-12-7-3-2-4-8-12/h5-6,9-12H,2-4,7-8,19H2,1H3,(H,24,25)(H2,20,21,22,23). The average Bonchev–Trinajstić information content (AvgIpc) is 2.69. The first-order chi connectivity index (χ1) is 12.7. The Hall–Kier alpha value is -3.03. The van der Waals surface area contributed by atoms with Crippen molar-refractivity contribution in [1.82, 2.24) is 15.4 Å². The second kappa shape index (κ2) is 8.37. The van der Waals surface area contributed by atoms with E-state index < -0.39 is 0 Å². The molecule has 1 aromatic carbocycles. The number of nitrogens with one attached hydrogen (secondary N) is 3. The minimum atomic E-state index is -0.345. The summed E-state index contributed by atoms with van der Waals surface area (Å²) < 4.78 is 5.20. The number of benzene rings is 1. The zero-order chi connectivity index (χ0) is 18.4. The lowest BCUT2D eigenvalue weighted by Gasteiger charge is -2.24. The number of rotatable bonds is 6. The molecule has 5 N–H and O–H groups in total. The molecule has 1 aromatic heterocycles. The zero-order valence-electron chi connectivity index (χ0n) is 14.8. The predicted octanol–water partition coefficient (Wildman–Crippen LogP) is 2.57. The molecule has 0 saturated heterocycles. The maximum Gasteiger partial charge on any atom is 0.273 e. The molecule has 0 bridgehead atoms. The summed E-state index contributed by atoms with van der Waals surface area (Å²) in [5, 5.41) is 3.38. The van der Waals surface area contributed by atoms with E-state index in [2.05, 4.69) is 26.1 Å². The van der Waals surface area contributed by atoms with Gasteiger partial charge in [0.15, 0.2) is 11.6 Å². The van der Waals surface area contributed by atoms with Crippen LogP contribution in [0.2, 0.25) is 0 Å². The number of nitrogen functional groups attached to an aromatic ring is 1. The smallest absolute Gasteiger partial charge is 0.273 e. The summed E-state index contributed by atoms with van der Waals surface area (Å²) in [4.78, 5) is 20.7. The van der Waals surface area contributed by atoms with Crippen LogP contribution in [0.4, 0.5) is 17.3 Å². The fourth-order valence-electron chi connectivity index (χ4n) is 3.07. The highest BCUT2D eigenvalue weighted by molar-refractivity contribution is 5.97. The van der Waals surface area contributed by atoms with Gasteiger partial charge in [0.1, 0.15) is 17.8 Å². The van der Waals surface area contributed by atoms with Crippen LogP contribution >= 0.6 is 0 Å². The highest BCUT2D eigenvalue weighted by Gasteiger charge is 2.17. The van der Waals surface area contributed by atoms with Gasteiger partial charge in [0, 0.05) is 6.04 Å². The number of nitrogens with zero attached hydrogens (tertiary/aromatic N) is 2. The van der Waals surface area contributed by atoms with E-state index >= 15 is 0 Å². The number of aromatic nitrogens is 2. The van der Waals surface area contributed by atoms with Crippen LogP contribution in [0.5, 0.6) is 5.75 Å². The lowest BCUT2D eigenvalue weighted by atomic mass is 9.95. The molecule has 0 atom stereocenters. The van der Waals surface area contributed by atoms with Crippen molar-refractivity contribution in [3.8, 4) is 5.75 Å². The van der Waals surface area contributed by atoms with E-state index in [9.17, 15) is 4.79 Å². The molecule has 0 aliphatic heterocycles. The molecule has 1 aliphatic carbocycles. The van der Waals surface area contributed by atoms with E-state index in [1.165, 1.54) is 32.7 Å². The topological polar surface area (TPSA) is 114 Å². The highest BCUT2D eigenvalue weighted by atomic mass is 16.5. The SMILES string of the molecule is COc1ccccc1C(=O)NNc1ncnc(NC2CCCCC2)c1N. The molecule has 26 heavy (non-hydrogen) atoms. The number of hydrazine groups is 1. The molecule has 138 valence electrons. The number of carbonyl (C=O) groups is 1. The summed E-state index contributed by atoms with van der Waals surface area (Å²) in [5.41, 5.74) is 12.3. The van der Waals surface area contributed by atoms with E-state index in [0.29, 0.717) is 34.7 Å². The van der Waals surface area contributed by atoms with Crippen molar-refractivity contribution in [1.29, 1.82) is 0 Å². The third-order valence-corrected chi connectivity index (χ3v) is 4.48. The van der Waals surface area contributed by atoms with Crippen LogP contribution in [0, 0.1) is 0 Å². The number of carbonyl (C=O) groups excluding carboxylic acids is 1. The molecule has 3 rings (SSSR count). The molecule has 0 radical (unpaired) electrons. The normalized spacial score (nSPS) is 14.5. The Morgan fingerprint density at radius 1 is 1.15 bits per heavy atom. The molecule has 1 aliphatic rings. The van der Waals surface area contributed by atoms with Gasteiger partial charge in [-0.25, -0.2) is 9.97 Å². The van der Waals surface area contributed by atoms with Crippen molar-refractivity contribution >= 4 is 23.2 Å². The Kier molecular flexibility index (Phi) is 5.73. The van der Waals surface area contributed by atoms with E-state index in [1.54, 1.807) is 24.3 Å². The molecular formula is C18H24N6O2. The van der Waals surface area contributed by atoms with Gasteiger partial charge < -0.3 is 15.8 Å². The van der Waals surface area contributed by atoms with Gasteiger partial charge in [0.05, 0.1) is 12.7 Å². The molecular weight excluding hydrogens is 332 g/mol. The van der Waals surface area contributed by atoms with E-state index in [-0.39, 0.29) is 5.91 Å². The number of nitrogens with two attached hydrogens (primary N) is 1. The van der Waals surface area contributed by atoms with Crippen molar-refractivity contribution in [2.45, 2.75) is 38.1 Å². The average molecular weight is 356 g/mol. The van der Waals surface area contributed by atoms with Crippen LogP contribution in [0.1, 0.15) is 42.5 Å². The monoisotopic (exact) mass is 356 g/mol. The van der Waals surface area contributed by atoms with E-state index in [0.717, 1.165) is 12.8 Å². The van der Waals surface area contributed by atoms with Gasteiger partial charge in [-0.3, -0.25) is 15.6 Å². The summed E-state index contributed by atoms with van der Waals surface area (Å²) in [7, 11) is 1.52. The molecule has 1 heterocycles. The van der Waals surface area contributed by atoms with Crippen molar-refractivity contribution in [3.05, 3.63) is 36.2 Å². The second-order valence-electron chi connectivity index (χ2n) is 6.24. The lowest BCUT2D eigenvalue weighted by molar-refractivity contribution is 0.0959. The van der Waals surface area contributed by atoms with Crippen LogP contribution < -0.4 is 26.6 Å². The summed E-state index contributed by atoms with van der Waals surface area (Å²) in [6, 6.07) is 7.34. The minimum Gasteiger partial charge on any atom is -0.496 e. The molecule has 8 nitrogen and oxygen atoms in total. The number of hydrogen-bond acceptors (Lipinski definition) is 7. The molecule has 1 amide bonds. The summed E-state index contributed by atoms with van der Waals surface area (Å²) in [6.07, 6.45) is 7.33. The zero-order valence-corrected chi connectivity index (χ0v) is 14.8. The summed E-state index contributed by atoms with van der Waals surface area (Å²) in [5.74, 6) is 1.08. The molecule has 1 saturated carbocycles. The Labute approximate surface area is 152 Å². The van der Waals surface area contributed by atoms with Crippen LogP contribution in [0.3, 0.4) is 0 Å². The molecule has 1 fully saturated rings. The van der Waals surface area contributed by atoms with Gasteiger partial charge in [-0.15, -0.1) is 0 Å². The number of ether oxygens (including phenoxy) is 1. The summed E-state index contributed by atoms with van der Waals surface area (Å²) >= 11 is 0.